The van der Waals surface area contributed by atoms with Crippen molar-refractivity contribution in [2.75, 3.05) is 6.54 Å². The standard InChI is InChI=1S/C11H12BrNOS/c12-9-5-7(10(14)6-13)1-4-11(9)15-8-2-3-8/h1,4-5,8H,2-3,6,13H2. The highest BCUT2D eigenvalue weighted by molar-refractivity contribution is 9.10. The summed E-state index contributed by atoms with van der Waals surface area (Å²) in [6, 6.07) is 5.71. The Morgan fingerprint density at radius 1 is 1.53 bits per heavy atom. The van der Waals surface area contributed by atoms with Crippen LogP contribution in [0.5, 0.6) is 0 Å². The van der Waals surface area contributed by atoms with Gasteiger partial charge >= 0.3 is 0 Å². The summed E-state index contributed by atoms with van der Waals surface area (Å²) in [5.41, 5.74) is 6.00. The van der Waals surface area contributed by atoms with E-state index in [1.807, 2.05) is 30.0 Å². The number of Topliss-reactive ketones (excluding diaryl/α,β-unsaturated/α-hetero) is 1. The van der Waals surface area contributed by atoms with Gasteiger partial charge in [0.2, 0.25) is 0 Å². The van der Waals surface area contributed by atoms with Crippen LogP contribution >= 0.6 is 27.7 Å². The Kier molecular flexibility index (Phi) is 3.49. The topological polar surface area (TPSA) is 43.1 Å². The molecule has 0 amide bonds. The number of ketones is 1. The maximum absolute atomic E-state index is 11.4. The van der Waals surface area contributed by atoms with Crippen LogP contribution in [0.15, 0.2) is 27.6 Å². The number of thioether (sulfide) groups is 1. The minimum atomic E-state index is -0.0151. The van der Waals surface area contributed by atoms with Gasteiger partial charge in [-0.1, -0.05) is 6.07 Å². The van der Waals surface area contributed by atoms with Crippen molar-refractivity contribution in [2.45, 2.75) is 23.0 Å². The van der Waals surface area contributed by atoms with E-state index in [1.54, 1.807) is 0 Å². The molecule has 2 rings (SSSR count). The lowest BCUT2D eigenvalue weighted by Gasteiger charge is -2.05. The molecule has 0 unspecified atom stereocenters. The van der Waals surface area contributed by atoms with Crippen molar-refractivity contribution in [3.05, 3.63) is 28.2 Å². The third-order valence-corrected chi connectivity index (χ3v) is 4.59. The summed E-state index contributed by atoms with van der Waals surface area (Å²) < 4.78 is 0.999. The van der Waals surface area contributed by atoms with Gasteiger partial charge < -0.3 is 5.73 Å². The van der Waals surface area contributed by atoms with Crippen LogP contribution in [0.3, 0.4) is 0 Å². The van der Waals surface area contributed by atoms with Gasteiger partial charge in [0.25, 0.3) is 0 Å². The molecule has 15 heavy (non-hydrogen) atoms. The van der Waals surface area contributed by atoms with Gasteiger partial charge in [0.05, 0.1) is 6.54 Å². The Labute approximate surface area is 102 Å². The Hall–Kier alpha value is -0.320. The second-order valence-corrected chi connectivity index (χ2v) is 5.79. The van der Waals surface area contributed by atoms with Gasteiger partial charge in [-0.05, 0) is 40.9 Å². The molecule has 0 heterocycles. The van der Waals surface area contributed by atoms with Crippen LogP contribution in [-0.4, -0.2) is 17.6 Å². The first-order valence-electron chi connectivity index (χ1n) is 4.90. The zero-order valence-corrected chi connectivity index (χ0v) is 10.6. The molecular formula is C11H12BrNOS. The molecule has 1 saturated carbocycles. The second kappa shape index (κ2) is 4.68. The van der Waals surface area contributed by atoms with E-state index >= 15 is 0 Å². The molecule has 0 bridgehead atoms. The lowest BCUT2D eigenvalue weighted by atomic mass is 10.1. The highest BCUT2D eigenvalue weighted by Gasteiger charge is 2.23. The Balaban J connectivity index is 2.17. The van der Waals surface area contributed by atoms with Crippen LogP contribution in [0.2, 0.25) is 0 Å². The molecule has 0 radical (unpaired) electrons. The summed E-state index contributed by atoms with van der Waals surface area (Å²) in [5, 5.41) is 0.775. The van der Waals surface area contributed by atoms with E-state index in [0.29, 0.717) is 5.56 Å². The van der Waals surface area contributed by atoms with Crippen LogP contribution in [-0.2, 0) is 0 Å². The highest BCUT2D eigenvalue weighted by Crippen LogP contribution is 2.41. The predicted molar refractivity (Wildman–Crippen MR) is 66.4 cm³/mol. The van der Waals surface area contributed by atoms with Gasteiger partial charge in [0.15, 0.2) is 5.78 Å². The van der Waals surface area contributed by atoms with Gasteiger partial charge in [0.1, 0.15) is 0 Å². The Bertz CT molecular complexity index is 390. The van der Waals surface area contributed by atoms with Gasteiger partial charge in [-0.3, -0.25) is 4.79 Å². The molecule has 0 spiro atoms. The smallest absolute Gasteiger partial charge is 0.176 e. The second-order valence-electron chi connectivity index (χ2n) is 3.59. The fourth-order valence-electron chi connectivity index (χ4n) is 1.25. The van der Waals surface area contributed by atoms with Crippen LogP contribution in [0, 0.1) is 0 Å². The van der Waals surface area contributed by atoms with E-state index in [1.165, 1.54) is 17.7 Å². The van der Waals surface area contributed by atoms with Crippen molar-refractivity contribution < 1.29 is 4.79 Å². The molecule has 1 aliphatic rings. The predicted octanol–water partition coefficient (Wildman–Crippen LogP) is 2.85. The van der Waals surface area contributed by atoms with Gasteiger partial charge in [0, 0.05) is 20.2 Å². The molecule has 0 aliphatic heterocycles. The first-order chi connectivity index (χ1) is 7.20. The average molecular weight is 286 g/mol. The summed E-state index contributed by atoms with van der Waals surface area (Å²) in [6.07, 6.45) is 2.61. The number of rotatable bonds is 4. The largest absolute Gasteiger partial charge is 0.324 e. The SMILES string of the molecule is NCC(=O)c1ccc(SC2CC2)c(Br)c1. The zero-order chi connectivity index (χ0) is 10.8. The number of carbonyl (C=O) groups excluding carboxylic acids is 1. The van der Waals surface area contributed by atoms with Crippen molar-refractivity contribution in [3.8, 4) is 0 Å². The van der Waals surface area contributed by atoms with E-state index in [4.69, 9.17) is 5.73 Å². The molecular weight excluding hydrogens is 274 g/mol. The first-order valence-corrected chi connectivity index (χ1v) is 6.57. The van der Waals surface area contributed by atoms with Crippen LogP contribution in [0.25, 0.3) is 0 Å². The molecule has 2 nitrogen and oxygen atoms in total. The van der Waals surface area contributed by atoms with E-state index in [2.05, 4.69) is 15.9 Å². The monoisotopic (exact) mass is 285 g/mol. The molecule has 1 aromatic carbocycles. The third-order valence-electron chi connectivity index (χ3n) is 2.26. The van der Waals surface area contributed by atoms with Crippen LogP contribution in [0.4, 0.5) is 0 Å². The van der Waals surface area contributed by atoms with Crippen molar-refractivity contribution in [3.63, 3.8) is 0 Å². The summed E-state index contributed by atoms with van der Waals surface area (Å²) in [4.78, 5) is 12.6. The molecule has 80 valence electrons. The zero-order valence-electron chi connectivity index (χ0n) is 8.20. The van der Waals surface area contributed by atoms with E-state index in [0.717, 1.165) is 9.72 Å². The minimum absolute atomic E-state index is 0.0151. The maximum atomic E-state index is 11.4. The van der Waals surface area contributed by atoms with Crippen molar-refractivity contribution >= 4 is 33.5 Å². The fourth-order valence-corrected chi connectivity index (χ4v) is 2.96. The lowest BCUT2D eigenvalue weighted by molar-refractivity contribution is 0.100. The summed E-state index contributed by atoms with van der Waals surface area (Å²) in [5.74, 6) is -0.0151. The van der Waals surface area contributed by atoms with Crippen molar-refractivity contribution in [1.82, 2.24) is 0 Å². The number of hydrogen-bond donors (Lipinski definition) is 1. The number of benzene rings is 1. The number of carbonyl (C=O) groups is 1. The quantitative estimate of drug-likeness (QED) is 0.865. The molecule has 1 aromatic rings. The van der Waals surface area contributed by atoms with Crippen molar-refractivity contribution in [1.29, 1.82) is 0 Å². The Morgan fingerprint density at radius 3 is 2.80 bits per heavy atom. The summed E-state index contributed by atoms with van der Waals surface area (Å²) in [7, 11) is 0. The van der Waals surface area contributed by atoms with Crippen LogP contribution < -0.4 is 5.73 Å². The van der Waals surface area contributed by atoms with Gasteiger partial charge in [-0.2, -0.15) is 0 Å². The molecule has 1 aliphatic carbocycles. The van der Waals surface area contributed by atoms with Crippen molar-refractivity contribution in [2.24, 2.45) is 5.73 Å². The average Bonchev–Trinajstić information content (AvgIpc) is 3.04. The van der Waals surface area contributed by atoms with Gasteiger partial charge in [-0.25, -0.2) is 0 Å². The molecule has 2 N–H and O–H groups in total. The number of halogens is 1. The lowest BCUT2D eigenvalue weighted by Crippen LogP contribution is -2.13. The van der Waals surface area contributed by atoms with E-state index < -0.39 is 0 Å². The maximum Gasteiger partial charge on any atom is 0.176 e. The molecule has 0 saturated heterocycles. The first kappa shape index (κ1) is 11.2. The minimum Gasteiger partial charge on any atom is -0.324 e. The molecule has 1 fully saturated rings. The third kappa shape index (κ3) is 2.83. The molecule has 0 atom stereocenters. The number of nitrogens with two attached hydrogens (primary N) is 1. The van der Waals surface area contributed by atoms with E-state index in [9.17, 15) is 4.79 Å². The summed E-state index contributed by atoms with van der Waals surface area (Å²) >= 11 is 5.36. The van der Waals surface area contributed by atoms with E-state index in [-0.39, 0.29) is 12.3 Å². The normalized spacial score (nSPS) is 15.3. The summed E-state index contributed by atoms with van der Waals surface area (Å²) in [6.45, 7) is 0.0710. The molecule has 0 aromatic heterocycles. The van der Waals surface area contributed by atoms with Gasteiger partial charge in [-0.15, -0.1) is 11.8 Å². The molecule has 4 heteroatoms. The fraction of sp³-hybridized carbons (Fsp3) is 0.364. The highest BCUT2D eigenvalue weighted by atomic mass is 79.9. The Morgan fingerprint density at radius 2 is 2.27 bits per heavy atom. The number of hydrogen-bond acceptors (Lipinski definition) is 3. The van der Waals surface area contributed by atoms with Crippen LogP contribution in [0.1, 0.15) is 23.2 Å².